The summed E-state index contributed by atoms with van der Waals surface area (Å²) in [4.78, 5) is 32.7. The minimum Gasteiger partial charge on any atom is -0.343 e. The number of para-hydroxylation sites is 1. The van der Waals surface area contributed by atoms with Crippen molar-refractivity contribution in [3.05, 3.63) is 46.9 Å². The summed E-state index contributed by atoms with van der Waals surface area (Å²) in [7, 11) is 0. The molecule has 29 heavy (non-hydrogen) atoms. The van der Waals surface area contributed by atoms with Gasteiger partial charge in [-0.3, -0.25) is 14.2 Å². The van der Waals surface area contributed by atoms with Crippen LogP contribution in [0.4, 0.5) is 0 Å². The molecule has 5 rings (SSSR count). The van der Waals surface area contributed by atoms with Crippen molar-refractivity contribution in [3.63, 3.8) is 0 Å². The molecule has 7 nitrogen and oxygen atoms in total. The van der Waals surface area contributed by atoms with E-state index in [1.807, 2.05) is 35.2 Å². The van der Waals surface area contributed by atoms with Crippen LogP contribution in [0, 0.1) is 5.92 Å². The van der Waals surface area contributed by atoms with Gasteiger partial charge < -0.3 is 4.90 Å². The number of piperidine rings is 1. The van der Waals surface area contributed by atoms with Crippen molar-refractivity contribution >= 4 is 28.7 Å². The summed E-state index contributed by atoms with van der Waals surface area (Å²) in [5.74, 6) is 1.52. The number of hydrogen-bond donors (Lipinski definition) is 0. The largest absolute Gasteiger partial charge is 0.343 e. The quantitative estimate of drug-likeness (QED) is 0.622. The Morgan fingerprint density at radius 2 is 1.97 bits per heavy atom. The lowest BCUT2D eigenvalue weighted by atomic mass is 9.99. The monoisotopic (exact) mass is 409 g/mol. The molecule has 3 aromatic rings. The molecule has 0 bridgehead atoms. The van der Waals surface area contributed by atoms with Crippen LogP contribution < -0.4 is 5.56 Å². The van der Waals surface area contributed by atoms with Gasteiger partial charge in [0.2, 0.25) is 5.91 Å². The minimum absolute atomic E-state index is 0.109. The van der Waals surface area contributed by atoms with E-state index in [0.717, 1.165) is 31.6 Å². The molecular weight excluding hydrogens is 386 g/mol. The number of nitrogens with zero attached hydrogens (tertiary/aromatic N) is 5. The van der Waals surface area contributed by atoms with Crippen LogP contribution in [-0.2, 0) is 4.79 Å². The number of amides is 1. The van der Waals surface area contributed by atoms with Crippen LogP contribution in [0.3, 0.4) is 0 Å². The van der Waals surface area contributed by atoms with Gasteiger partial charge in [0.25, 0.3) is 5.56 Å². The average molecular weight is 410 g/mol. The van der Waals surface area contributed by atoms with Gasteiger partial charge in [0, 0.05) is 25.3 Å². The molecular formula is C21H23N5O2S. The lowest BCUT2D eigenvalue weighted by Gasteiger charge is -2.31. The molecule has 4 heterocycles. The summed E-state index contributed by atoms with van der Waals surface area (Å²) < 4.78 is 3.40. The Hall–Kier alpha value is -2.61. The first-order chi connectivity index (χ1) is 14.1. The van der Waals surface area contributed by atoms with Crippen molar-refractivity contribution in [2.24, 2.45) is 5.92 Å². The van der Waals surface area contributed by atoms with Crippen LogP contribution in [0.25, 0.3) is 16.7 Å². The molecule has 1 atom stereocenters. The van der Waals surface area contributed by atoms with Crippen molar-refractivity contribution in [1.29, 1.82) is 0 Å². The maximum Gasteiger partial charge on any atom is 0.265 e. The predicted octanol–water partition coefficient (Wildman–Crippen LogP) is 2.88. The van der Waals surface area contributed by atoms with E-state index in [1.165, 1.54) is 0 Å². The molecule has 2 aliphatic rings. The lowest BCUT2D eigenvalue weighted by molar-refractivity contribution is -0.133. The molecule has 1 aromatic carbocycles. The smallest absolute Gasteiger partial charge is 0.265 e. The zero-order chi connectivity index (χ0) is 20.0. The summed E-state index contributed by atoms with van der Waals surface area (Å²) in [5.41, 5.74) is 1.33. The summed E-state index contributed by atoms with van der Waals surface area (Å²) in [6, 6.07) is 9.53. The number of benzene rings is 1. The molecule has 0 saturated carbocycles. The summed E-state index contributed by atoms with van der Waals surface area (Å²) in [6.45, 7) is 3.88. The first-order valence-corrected chi connectivity index (χ1v) is 11.1. The Bertz CT molecular complexity index is 1120. The topological polar surface area (TPSA) is 73.0 Å². The number of aromatic nitrogens is 4. The Labute approximate surface area is 172 Å². The molecule has 1 fully saturated rings. The van der Waals surface area contributed by atoms with Gasteiger partial charge in [-0.2, -0.15) is 5.10 Å². The highest BCUT2D eigenvalue weighted by atomic mass is 32.2. The SMILES string of the molecule is CC1CCN(C(=O)CC2CSc3nc4c(cnn4-c4ccccc4)c(=O)n32)CC1. The van der Waals surface area contributed by atoms with Crippen LogP contribution in [0.5, 0.6) is 0 Å². The van der Waals surface area contributed by atoms with Crippen molar-refractivity contribution in [2.45, 2.75) is 37.4 Å². The Morgan fingerprint density at radius 1 is 1.21 bits per heavy atom. The number of rotatable bonds is 3. The number of thioether (sulfide) groups is 1. The molecule has 0 aliphatic carbocycles. The van der Waals surface area contributed by atoms with Gasteiger partial charge in [-0.25, -0.2) is 9.67 Å². The van der Waals surface area contributed by atoms with Crippen LogP contribution in [0.2, 0.25) is 0 Å². The average Bonchev–Trinajstić information content (AvgIpc) is 3.34. The van der Waals surface area contributed by atoms with E-state index >= 15 is 0 Å². The minimum atomic E-state index is -0.147. The summed E-state index contributed by atoms with van der Waals surface area (Å²) >= 11 is 1.54. The summed E-state index contributed by atoms with van der Waals surface area (Å²) in [6.07, 6.45) is 4.05. The summed E-state index contributed by atoms with van der Waals surface area (Å²) in [5, 5.41) is 5.55. The van der Waals surface area contributed by atoms with E-state index in [1.54, 1.807) is 27.2 Å². The number of carbonyl (C=O) groups excluding carboxylic acids is 1. The zero-order valence-electron chi connectivity index (χ0n) is 16.3. The van der Waals surface area contributed by atoms with Crippen molar-refractivity contribution < 1.29 is 4.79 Å². The third-order valence-electron chi connectivity index (χ3n) is 5.92. The van der Waals surface area contributed by atoms with Gasteiger partial charge in [0.1, 0.15) is 5.39 Å². The molecule has 1 saturated heterocycles. The van der Waals surface area contributed by atoms with E-state index < -0.39 is 0 Å². The maximum atomic E-state index is 13.2. The van der Waals surface area contributed by atoms with Gasteiger partial charge in [0.15, 0.2) is 10.8 Å². The maximum absolute atomic E-state index is 13.2. The second kappa shape index (κ2) is 7.33. The van der Waals surface area contributed by atoms with E-state index in [0.29, 0.717) is 34.3 Å². The van der Waals surface area contributed by atoms with Crippen LogP contribution >= 0.6 is 11.8 Å². The normalized spacial score (nSPS) is 19.6. The molecule has 150 valence electrons. The molecule has 0 radical (unpaired) electrons. The van der Waals surface area contributed by atoms with Crippen LogP contribution in [0.1, 0.15) is 32.2 Å². The van der Waals surface area contributed by atoms with Gasteiger partial charge in [-0.15, -0.1) is 0 Å². The fourth-order valence-electron chi connectivity index (χ4n) is 4.13. The van der Waals surface area contributed by atoms with Gasteiger partial charge in [-0.05, 0) is 30.9 Å². The van der Waals surface area contributed by atoms with Gasteiger partial charge in [-0.1, -0.05) is 36.9 Å². The third-order valence-corrected chi connectivity index (χ3v) is 7.02. The van der Waals surface area contributed by atoms with E-state index in [2.05, 4.69) is 12.0 Å². The molecule has 1 unspecified atom stereocenters. The second-order valence-electron chi connectivity index (χ2n) is 7.93. The number of fused-ring (bicyclic) bond motifs is 2. The highest BCUT2D eigenvalue weighted by molar-refractivity contribution is 7.99. The standard InChI is InChI=1S/C21H23N5O2S/c1-14-7-9-24(10-8-14)18(27)11-16-13-29-21-23-19-17(20(28)25(16)21)12-22-26(19)15-5-3-2-4-6-15/h2-6,12,14,16H,7-11,13H2,1H3. The molecule has 2 aliphatic heterocycles. The third kappa shape index (κ3) is 3.25. The van der Waals surface area contributed by atoms with Crippen LogP contribution in [-0.4, -0.2) is 49.0 Å². The first kappa shape index (κ1) is 18.4. The van der Waals surface area contributed by atoms with Crippen molar-refractivity contribution in [2.75, 3.05) is 18.8 Å². The Morgan fingerprint density at radius 3 is 2.72 bits per heavy atom. The zero-order valence-corrected chi connectivity index (χ0v) is 17.1. The van der Waals surface area contributed by atoms with Crippen LogP contribution in [0.15, 0.2) is 46.5 Å². The molecule has 8 heteroatoms. The number of carbonyl (C=O) groups is 1. The Balaban J connectivity index is 1.45. The predicted molar refractivity (Wildman–Crippen MR) is 112 cm³/mol. The van der Waals surface area contributed by atoms with Crippen molar-refractivity contribution in [1.82, 2.24) is 24.2 Å². The Kier molecular flexibility index (Phi) is 4.66. The van der Waals surface area contributed by atoms with E-state index in [4.69, 9.17) is 4.98 Å². The molecule has 2 aromatic heterocycles. The molecule has 0 N–H and O–H groups in total. The van der Waals surface area contributed by atoms with E-state index in [-0.39, 0.29) is 17.5 Å². The first-order valence-electron chi connectivity index (χ1n) is 10.1. The van der Waals surface area contributed by atoms with Crippen molar-refractivity contribution in [3.8, 4) is 5.69 Å². The highest BCUT2D eigenvalue weighted by Gasteiger charge is 2.31. The molecule has 1 amide bonds. The lowest BCUT2D eigenvalue weighted by Crippen LogP contribution is -2.39. The fourth-order valence-corrected chi connectivity index (χ4v) is 5.26. The second-order valence-corrected chi connectivity index (χ2v) is 8.92. The van der Waals surface area contributed by atoms with Gasteiger partial charge >= 0.3 is 0 Å². The number of likely N-dealkylation sites (tertiary alicyclic amines) is 1. The van der Waals surface area contributed by atoms with Gasteiger partial charge in [0.05, 0.1) is 17.9 Å². The highest BCUT2D eigenvalue weighted by Crippen LogP contribution is 2.34. The molecule has 0 spiro atoms. The number of hydrogen-bond acceptors (Lipinski definition) is 5. The fraction of sp³-hybridized carbons (Fsp3) is 0.429. The van der Waals surface area contributed by atoms with E-state index in [9.17, 15) is 9.59 Å².